The molecule has 2 N–H and O–H groups in total. The number of aliphatic carboxylic acids is 2. The smallest absolute Gasteiger partial charge is 0.300 e. The molecule has 0 amide bonds. The van der Waals surface area contributed by atoms with Gasteiger partial charge in [-0.05, 0) is 238 Å². The van der Waals surface area contributed by atoms with E-state index in [2.05, 4.69) is 13.8 Å². The molecule has 16 saturated carbocycles. The van der Waals surface area contributed by atoms with Gasteiger partial charge in [0.25, 0.3) is 11.9 Å². The van der Waals surface area contributed by atoms with E-state index in [1.54, 1.807) is 179 Å². The molecule has 0 spiro atoms. The van der Waals surface area contributed by atoms with E-state index in [9.17, 15) is 0 Å². The van der Waals surface area contributed by atoms with E-state index in [1.165, 1.54) is 83.9 Å². The Balaban J connectivity index is 0.000000137. The van der Waals surface area contributed by atoms with E-state index in [0.717, 1.165) is 34.5 Å². The van der Waals surface area contributed by atoms with Crippen LogP contribution in [0.5, 0.6) is 0 Å². The monoisotopic (exact) mass is 945 g/mol. The van der Waals surface area contributed by atoms with E-state index >= 15 is 0 Å². The molecule has 0 aliphatic heterocycles. The fraction of sp³-hybridized carbons (Fsp3) is 0.962. The SMILES string of the molecule is CC(=O)O.CC(=O)O.CCCC[PH+](C12CC3CC(CC(C3)C1)C2)C12CC3CC(CC(C3)C1)C2.CCCC[PH+](C12CC3CC(CC(C3)C1)C2)C12CC3CC(CC(C3)C1)C2.[Pd]. The normalized spacial score (nSPS) is 48.7. The van der Waals surface area contributed by atoms with Crippen molar-refractivity contribution < 1.29 is 40.2 Å². The van der Waals surface area contributed by atoms with Crippen LogP contribution in [0, 0.1) is 71.0 Å². The fourth-order valence-electron chi connectivity index (χ4n) is 20.8. The molecular weight excluding hydrogens is 857 g/mol. The van der Waals surface area contributed by atoms with Crippen molar-refractivity contribution in [2.75, 3.05) is 12.3 Å². The van der Waals surface area contributed by atoms with Gasteiger partial charge in [-0.3, -0.25) is 9.59 Å². The third-order valence-corrected chi connectivity index (χ3v) is 29.6. The van der Waals surface area contributed by atoms with E-state index in [0.29, 0.717) is 0 Å². The quantitative estimate of drug-likeness (QED) is 0.169. The van der Waals surface area contributed by atoms with Crippen LogP contribution in [0.25, 0.3) is 0 Å². The van der Waals surface area contributed by atoms with Crippen molar-refractivity contribution in [1.82, 2.24) is 0 Å². The fourth-order valence-corrected chi connectivity index (χ4v) is 33.0. The molecule has 0 unspecified atom stereocenters. The van der Waals surface area contributed by atoms with Crippen LogP contribution in [0.2, 0.25) is 0 Å². The van der Waals surface area contributed by atoms with E-state index in [4.69, 9.17) is 19.8 Å². The summed E-state index contributed by atoms with van der Waals surface area (Å²) in [6.45, 7) is 7.08. The molecule has 7 heteroatoms. The largest absolute Gasteiger partial charge is 0.481 e. The van der Waals surface area contributed by atoms with Gasteiger partial charge in [-0.2, -0.15) is 0 Å². The second-order valence-electron chi connectivity index (χ2n) is 25.0. The molecule has 16 bridgehead atoms. The van der Waals surface area contributed by atoms with Gasteiger partial charge in [-0.15, -0.1) is 0 Å². The summed E-state index contributed by atoms with van der Waals surface area (Å²) in [6, 6.07) is 0. The van der Waals surface area contributed by atoms with Gasteiger partial charge in [0.2, 0.25) is 0 Å². The number of hydrogen-bond acceptors (Lipinski definition) is 2. The van der Waals surface area contributed by atoms with E-state index in [-0.39, 0.29) is 36.3 Å². The molecule has 338 valence electrons. The van der Waals surface area contributed by atoms with E-state index in [1.807, 2.05) is 0 Å². The molecule has 0 aromatic heterocycles. The Morgan fingerprint density at radius 3 is 0.644 bits per heavy atom. The summed E-state index contributed by atoms with van der Waals surface area (Å²) in [4.78, 5) is 18.0. The maximum absolute atomic E-state index is 9.00. The van der Waals surface area contributed by atoms with Crippen molar-refractivity contribution in [1.29, 1.82) is 0 Å². The molecule has 0 heterocycles. The molecule has 59 heavy (non-hydrogen) atoms. The maximum Gasteiger partial charge on any atom is 0.300 e. The van der Waals surface area contributed by atoms with Crippen LogP contribution in [0.1, 0.15) is 207 Å². The van der Waals surface area contributed by atoms with Crippen molar-refractivity contribution >= 4 is 27.8 Å². The summed E-state index contributed by atoms with van der Waals surface area (Å²) < 4.78 is 0. The standard InChI is InChI=1S/2C24H39P.2C2H4O2.Pd/c2*1-2-3-4-25(23-11-17-5-18(12-23)7-19(6-17)13-23)24-14-20-8-21(15-24)10-22(9-20)16-24;2*1-2(3)4;/h2*17-22H,2-16H2,1H3;2*1H3,(H,3,4);/p+2. The average molecular weight is 946 g/mol. The van der Waals surface area contributed by atoms with Gasteiger partial charge >= 0.3 is 0 Å². The first kappa shape index (κ1) is 46.0. The molecule has 0 atom stereocenters. The molecule has 0 saturated heterocycles. The predicted molar refractivity (Wildman–Crippen MR) is 246 cm³/mol. The summed E-state index contributed by atoms with van der Waals surface area (Å²) in [5, 5.41) is 18.5. The number of hydrogen-bond donors (Lipinski definition) is 2. The number of rotatable bonds is 10. The number of carboxylic acid groups (broad SMARTS) is 2. The first-order chi connectivity index (χ1) is 27.8. The average Bonchev–Trinajstić information content (AvgIpc) is 3.09. The van der Waals surface area contributed by atoms with Gasteiger partial charge in [-0.25, -0.2) is 0 Å². The molecule has 16 rings (SSSR count). The predicted octanol–water partition coefficient (Wildman–Crippen LogP) is 14.1. The van der Waals surface area contributed by atoms with Crippen molar-refractivity contribution in [3.8, 4) is 0 Å². The van der Waals surface area contributed by atoms with Gasteiger partial charge < -0.3 is 10.2 Å². The van der Waals surface area contributed by atoms with Crippen LogP contribution in [0.3, 0.4) is 0 Å². The molecule has 16 aliphatic carbocycles. The van der Waals surface area contributed by atoms with Crippen molar-refractivity contribution in [3.05, 3.63) is 0 Å². The zero-order chi connectivity index (χ0) is 40.5. The molecule has 4 nitrogen and oxygen atoms in total. The number of carboxylic acids is 2. The van der Waals surface area contributed by atoms with Crippen LogP contribution >= 0.6 is 15.8 Å². The molecule has 16 fully saturated rings. The molecule has 0 radical (unpaired) electrons. The topological polar surface area (TPSA) is 74.6 Å². The Labute approximate surface area is 377 Å². The minimum atomic E-state index is -0.833. The zero-order valence-corrected chi connectivity index (χ0v) is 41.7. The van der Waals surface area contributed by atoms with Gasteiger partial charge in [0, 0.05) is 50.1 Å². The van der Waals surface area contributed by atoms with Crippen LogP contribution in [-0.2, 0) is 30.0 Å². The summed E-state index contributed by atoms with van der Waals surface area (Å²) in [6.07, 6.45) is 49.6. The van der Waals surface area contributed by atoms with Crippen LogP contribution < -0.4 is 0 Å². The first-order valence-electron chi connectivity index (χ1n) is 25.9. The van der Waals surface area contributed by atoms with Crippen molar-refractivity contribution in [2.24, 2.45) is 71.0 Å². The van der Waals surface area contributed by atoms with Crippen molar-refractivity contribution in [2.45, 2.75) is 228 Å². The Kier molecular flexibility index (Phi) is 14.3. The molecular formula is C52H88O4P2Pd+2. The Hall–Kier alpha value is 0.462. The van der Waals surface area contributed by atoms with Gasteiger partial charge in [0.05, 0.1) is 32.9 Å². The van der Waals surface area contributed by atoms with Crippen molar-refractivity contribution in [3.63, 3.8) is 0 Å². The second-order valence-corrected chi connectivity index (χ2v) is 32.2. The van der Waals surface area contributed by atoms with Crippen LogP contribution in [-0.4, -0.2) is 55.1 Å². The minimum Gasteiger partial charge on any atom is -0.481 e. The third-order valence-electron chi connectivity index (χ3n) is 20.3. The van der Waals surface area contributed by atoms with Gasteiger partial charge in [0.15, 0.2) is 0 Å². The van der Waals surface area contributed by atoms with Gasteiger partial charge in [0.1, 0.15) is 0 Å². The summed E-state index contributed by atoms with van der Waals surface area (Å²) >= 11 is 0. The Morgan fingerprint density at radius 1 is 0.390 bits per heavy atom. The van der Waals surface area contributed by atoms with Crippen LogP contribution in [0.4, 0.5) is 0 Å². The summed E-state index contributed by atoms with van der Waals surface area (Å²) in [5.41, 5.74) is 0. The second kappa shape index (κ2) is 18.4. The minimum absolute atomic E-state index is 0. The zero-order valence-electron chi connectivity index (χ0n) is 38.2. The third kappa shape index (κ3) is 9.45. The Morgan fingerprint density at radius 2 is 0.525 bits per heavy atom. The molecule has 0 aromatic rings. The summed E-state index contributed by atoms with van der Waals surface area (Å²) in [5.74, 6) is 12.4. The van der Waals surface area contributed by atoms with Gasteiger partial charge in [-0.1, -0.05) is 26.7 Å². The Bertz CT molecular complexity index is 1130. The molecule has 16 aliphatic rings. The molecule has 0 aromatic carbocycles. The maximum atomic E-state index is 9.00. The van der Waals surface area contributed by atoms with Crippen LogP contribution in [0.15, 0.2) is 0 Å². The number of unbranched alkanes of at least 4 members (excludes halogenated alkanes) is 2. The van der Waals surface area contributed by atoms with E-state index < -0.39 is 11.9 Å². The number of carbonyl (C=O) groups is 2. The summed E-state index contributed by atoms with van der Waals surface area (Å²) in [7, 11) is -0.391. The first-order valence-corrected chi connectivity index (χ1v) is 29.3.